The van der Waals surface area contributed by atoms with E-state index in [0.717, 1.165) is 32.5 Å². The predicted octanol–water partition coefficient (Wildman–Crippen LogP) is 2.44. The van der Waals surface area contributed by atoms with E-state index in [0.29, 0.717) is 17.0 Å². The maximum atomic E-state index is 13.6. The minimum Gasteiger partial charge on any atom is -0.327 e. The second-order valence-corrected chi connectivity index (χ2v) is 5.06. The summed E-state index contributed by atoms with van der Waals surface area (Å²) >= 11 is 5.99. The van der Waals surface area contributed by atoms with Crippen molar-refractivity contribution in [3.05, 3.63) is 34.6 Å². The van der Waals surface area contributed by atoms with Crippen LogP contribution in [-0.4, -0.2) is 30.6 Å². The number of likely N-dealkylation sites (tertiary alicyclic amines) is 1. The lowest BCUT2D eigenvalue weighted by Gasteiger charge is -2.30. The molecule has 2 rings (SSSR count). The molecule has 1 saturated heterocycles. The summed E-state index contributed by atoms with van der Waals surface area (Å²) in [5.41, 5.74) is 6.53. The molecule has 1 aromatic carbocycles. The molecule has 1 atom stereocenters. The first-order valence-electron chi connectivity index (χ1n) is 6.07. The molecule has 1 aliphatic heterocycles. The van der Waals surface area contributed by atoms with Gasteiger partial charge in [-0.15, -0.1) is 0 Å². The quantitative estimate of drug-likeness (QED) is 0.900. The number of nitrogens with two attached hydrogens (primary N) is 1. The van der Waals surface area contributed by atoms with Gasteiger partial charge in [0, 0.05) is 29.7 Å². The Morgan fingerprint density at radius 1 is 1.47 bits per heavy atom. The first-order chi connectivity index (χ1) is 8.16. The summed E-state index contributed by atoms with van der Waals surface area (Å²) in [7, 11) is 0. The van der Waals surface area contributed by atoms with E-state index in [4.69, 9.17) is 17.3 Å². The Balaban J connectivity index is 1.93. The number of rotatable bonds is 3. The molecule has 17 heavy (non-hydrogen) atoms. The van der Waals surface area contributed by atoms with Crippen molar-refractivity contribution in [2.45, 2.75) is 25.3 Å². The van der Waals surface area contributed by atoms with Crippen molar-refractivity contribution < 1.29 is 4.39 Å². The van der Waals surface area contributed by atoms with Gasteiger partial charge in [0.25, 0.3) is 0 Å². The topological polar surface area (TPSA) is 29.3 Å². The fraction of sp³-hybridized carbons (Fsp3) is 0.538. The molecule has 1 aliphatic rings. The van der Waals surface area contributed by atoms with Gasteiger partial charge in [0.2, 0.25) is 0 Å². The molecule has 2 nitrogen and oxygen atoms in total. The van der Waals surface area contributed by atoms with Crippen LogP contribution in [0.5, 0.6) is 0 Å². The Labute approximate surface area is 107 Å². The zero-order valence-corrected chi connectivity index (χ0v) is 10.6. The summed E-state index contributed by atoms with van der Waals surface area (Å²) in [5.74, 6) is -0.209. The number of hydrogen-bond donors (Lipinski definition) is 1. The highest BCUT2D eigenvalue weighted by Crippen LogP contribution is 2.20. The van der Waals surface area contributed by atoms with Gasteiger partial charge in [-0.1, -0.05) is 17.7 Å². The summed E-state index contributed by atoms with van der Waals surface area (Å²) < 4.78 is 13.6. The summed E-state index contributed by atoms with van der Waals surface area (Å²) in [6.45, 7) is 2.79. The van der Waals surface area contributed by atoms with Crippen molar-refractivity contribution >= 4 is 11.6 Å². The van der Waals surface area contributed by atoms with E-state index in [1.54, 1.807) is 12.1 Å². The Morgan fingerprint density at radius 3 is 3.00 bits per heavy atom. The van der Waals surface area contributed by atoms with Crippen molar-refractivity contribution in [1.29, 1.82) is 0 Å². The van der Waals surface area contributed by atoms with Gasteiger partial charge in [-0.2, -0.15) is 0 Å². The van der Waals surface area contributed by atoms with Crippen LogP contribution in [0.3, 0.4) is 0 Å². The lowest BCUT2D eigenvalue weighted by Crippen LogP contribution is -2.43. The van der Waals surface area contributed by atoms with E-state index >= 15 is 0 Å². The van der Waals surface area contributed by atoms with Gasteiger partial charge in [-0.05, 0) is 37.9 Å². The van der Waals surface area contributed by atoms with E-state index in [9.17, 15) is 4.39 Å². The summed E-state index contributed by atoms with van der Waals surface area (Å²) in [6.07, 6.45) is 2.88. The molecule has 0 spiro atoms. The molecule has 1 fully saturated rings. The lowest BCUT2D eigenvalue weighted by molar-refractivity contribution is 0.211. The van der Waals surface area contributed by atoms with Crippen LogP contribution in [0.1, 0.15) is 18.4 Å². The van der Waals surface area contributed by atoms with E-state index < -0.39 is 0 Å². The standard InChI is InChI=1S/C13H18ClFN2/c14-12-4-1-5-13(15)11(12)6-8-17-7-2-3-10(16)9-17/h1,4-5,10H,2-3,6-9,16H2. The molecule has 0 bridgehead atoms. The molecule has 0 radical (unpaired) electrons. The molecule has 4 heteroatoms. The highest BCUT2D eigenvalue weighted by Gasteiger charge is 2.17. The van der Waals surface area contributed by atoms with Gasteiger partial charge in [-0.3, -0.25) is 0 Å². The molecular weight excluding hydrogens is 239 g/mol. The van der Waals surface area contributed by atoms with Crippen LogP contribution in [0.15, 0.2) is 18.2 Å². The molecule has 1 aromatic rings. The molecule has 0 amide bonds. The fourth-order valence-corrected chi connectivity index (χ4v) is 2.59. The maximum Gasteiger partial charge on any atom is 0.127 e. The second-order valence-electron chi connectivity index (χ2n) is 4.65. The minimum atomic E-state index is -0.209. The van der Waals surface area contributed by atoms with Gasteiger partial charge in [-0.25, -0.2) is 4.39 Å². The Bertz CT molecular complexity index is 363. The summed E-state index contributed by atoms with van der Waals surface area (Å²) in [4.78, 5) is 2.29. The Hall–Kier alpha value is -0.640. The fourth-order valence-electron chi connectivity index (χ4n) is 2.34. The van der Waals surface area contributed by atoms with Crippen molar-refractivity contribution in [2.75, 3.05) is 19.6 Å². The third-order valence-corrected chi connectivity index (χ3v) is 3.64. The first-order valence-corrected chi connectivity index (χ1v) is 6.45. The van der Waals surface area contributed by atoms with Crippen LogP contribution in [0.2, 0.25) is 5.02 Å². The molecule has 0 saturated carbocycles. The van der Waals surface area contributed by atoms with E-state index in [1.807, 2.05) is 0 Å². The van der Waals surface area contributed by atoms with Gasteiger partial charge < -0.3 is 10.6 Å². The smallest absolute Gasteiger partial charge is 0.127 e. The highest BCUT2D eigenvalue weighted by molar-refractivity contribution is 6.31. The van der Waals surface area contributed by atoms with Crippen molar-refractivity contribution in [3.63, 3.8) is 0 Å². The van der Waals surface area contributed by atoms with Crippen LogP contribution < -0.4 is 5.73 Å². The third-order valence-electron chi connectivity index (χ3n) is 3.28. The molecule has 2 N–H and O–H groups in total. The maximum absolute atomic E-state index is 13.6. The van der Waals surface area contributed by atoms with Gasteiger partial charge in [0.05, 0.1) is 0 Å². The highest BCUT2D eigenvalue weighted by atomic mass is 35.5. The summed E-state index contributed by atoms with van der Waals surface area (Å²) in [6, 6.07) is 5.10. The van der Waals surface area contributed by atoms with Crippen molar-refractivity contribution in [3.8, 4) is 0 Å². The molecule has 94 valence electrons. The number of piperidine rings is 1. The number of benzene rings is 1. The monoisotopic (exact) mass is 256 g/mol. The first kappa shape index (κ1) is 12.8. The molecular formula is C13H18ClFN2. The zero-order valence-electron chi connectivity index (χ0n) is 9.83. The SMILES string of the molecule is NC1CCCN(CCc2c(F)cccc2Cl)C1. The normalized spacial score (nSPS) is 21.7. The minimum absolute atomic E-state index is 0.209. The van der Waals surface area contributed by atoms with Gasteiger partial charge >= 0.3 is 0 Å². The zero-order chi connectivity index (χ0) is 12.3. The summed E-state index contributed by atoms with van der Waals surface area (Å²) in [5, 5.41) is 0.520. The predicted molar refractivity (Wildman–Crippen MR) is 68.8 cm³/mol. The molecule has 0 aromatic heterocycles. The van der Waals surface area contributed by atoms with Crippen LogP contribution >= 0.6 is 11.6 Å². The van der Waals surface area contributed by atoms with E-state index in [1.165, 1.54) is 6.07 Å². The van der Waals surface area contributed by atoms with E-state index in [-0.39, 0.29) is 11.9 Å². The second kappa shape index (κ2) is 5.80. The average Bonchev–Trinajstić information content (AvgIpc) is 2.28. The number of halogens is 2. The molecule has 1 unspecified atom stereocenters. The molecule has 1 heterocycles. The van der Waals surface area contributed by atoms with Gasteiger partial charge in [0.1, 0.15) is 5.82 Å². The van der Waals surface area contributed by atoms with Crippen molar-refractivity contribution in [1.82, 2.24) is 4.90 Å². The van der Waals surface area contributed by atoms with Crippen LogP contribution in [0.25, 0.3) is 0 Å². The van der Waals surface area contributed by atoms with E-state index in [2.05, 4.69) is 4.90 Å². The number of hydrogen-bond acceptors (Lipinski definition) is 2. The van der Waals surface area contributed by atoms with Crippen LogP contribution in [0.4, 0.5) is 4.39 Å². The van der Waals surface area contributed by atoms with Crippen LogP contribution in [0, 0.1) is 5.82 Å². The van der Waals surface area contributed by atoms with Crippen molar-refractivity contribution in [2.24, 2.45) is 5.73 Å². The Morgan fingerprint density at radius 2 is 2.29 bits per heavy atom. The largest absolute Gasteiger partial charge is 0.327 e. The molecule has 0 aliphatic carbocycles. The third kappa shape index (κ3) is 3.41. The van der Waals surface area contributed by atoms with Gasteiger partial charge in [0.15, 0.2) is 0 Å². The van der Waals surface area contributed by atoms with Crippen LogP contribution in [-0.2, 0) is 6.42 Å². The lowest BCUT2D eigenvalue weighted by atomic mass is 10.1. The number of nitrogens with zero attached hydrogens (tertiary/aromatic N) is 1. The average molecular weight is 257 g/mol. The Kier molecular flexibility index (Phi) is 4.37.